The van der Waals surface area contributed by atoms with E-state index in [2.05, 4.69) is 18.8 Å². The smallest absolute Gasteiger partial charge is 0.354 e. The Balaban J connectivity index is 1.97. The molecule has 0 saturated heterocycles. The molecule has 1 aliphatic carbocycles. The Morgan fingerprint density at radius 3 is 2.58 bits per heavy atom. The standard InChI is InChI=1S/C19H23N3O2/c1-19(2)9-7-14(12-23)16(11-19)13-3-5-15(6-4-13)22-10-8-17(20)21-18(22)24/h3-6,8,10,23H,7,9,11-12H2,1-2H3,(H2,20,21,24). The molecule has 5 heteroatoms. The van der Waals surface area contributed by atoms with Crippen LogP contribution in [0.1, 0.15) is 38.7 Å². The molecule has 2 aromatic rings. The lowest BCUT2D eigenvalue weighted by molar-refractivity contribution is 0.291. The lowest BCUT2D eigenvalue weighted by Gasteiger charge is -2.33. The molecule has 0 atom stereocenters. The number of benzene rings is 1. The van der Waals surface area contributed by atoms with Gasteiger partial charge in [-0.15, -0.1) is 0 Å². The van der Waals surface area contributed by atoms with Gasteiger partial charge in [0, 0.05) is 6.20 Å². The van der Waals surface area contributed by atoms with Crippen LogP contribution in [0.3, 0.4) is 0 Å². The maximum atomic E-state index is 11.9. The first kappa shape index (κ1) is 16.5. The first-order valence-corrected chi connectivity index (χ1v) is 8.17. The van der Waals surface area contributed by atoms with Gasteiger partial charge in [0.15, 0.2) is 0 Å². The lowest BCUT2D eigenvalue weighted by Crippen LogP contribution is -2.21. The molecule has 5 nitrogen and oxygen atoms in total. The topological polar surface area (TPSA) is 81.1 Å². The zero-order chi connectivity index (χ0) is 17.3. The molecule has 1 heterocycles. The van der Waals surface area contributed by atoms with Crippen LogP contribution in [0.15, 0.2) is 46.9 Å². The third kappa shape index (κ3) is 3.26. The van der Waals surface area contributed by atoms with Gasteiger partial charge in [-0.25, -0.2) is 4.79 Å². The van der Waals surface area contributed by atoms with Crippen molar-refractivity contribution >= 4 is 11.4 Å². The fourth-order valence-corrected chi connectivity index (χ4v) is 3.25. The van der Waals surface area contributed by atoms with Crippen molar-refractivity contribution in [1.29, 1.82) is 0 Å². The second kappa shape index (κ2) is 6.24. The minimum atomic E-state index is -0.392. The van der Waals surface area contributed by atoms with Crippen LogP contribution >= 0.6 is 0 Å². The number of nitrogens with zero attached hydrogens (tertiary/aromatic N) is 2. The fourth-order valence-electron chi connectivity index (χ4n) is 3.25. The lowest BCUT2D eigenvalue weighted by atomic mass is 9.73. The first-order chi connectivity index (χ1) is 11.4. The molecule has 0 bridgehead atoms. The van der Waals surface area contributed by atoms with Crippen molar-refractivity contribution in [3.05, 3.63) is 58.1 Å². The predicted octanol–water partition coefficient (Wildman–Crippen LogP) is 2.77. The zero-order valence-corrected chi connectivity index (χ0v) is 14.1. The number of aromatic nitrogens is 2. The summed E-state index contributed by atoms with van der Waals surface area (Å²) in [7, 11) is 0. The molecule has 1 aromatic heterocycles. The average Bonchev–Trinajstić information content (AvgIpc) is 2.54. The average molecular weight is 325 g/mol. The molecule has 3 rings (SSSR count). The summed E-state index contributed by atoms with van der Waals surface area (Å²) in [6.45, 7) is 4.62. The highest BCUT2D eigenvalue weighted by Gasteiger charge is 2.27. The van der Waals surface area contributed by atoms with Crippen LogP contribution in [0.2, 0.25) is 0 Å². The van der Waals surface area contributed by atoms with Crippen molar-refractivity contribution in [2.45, 2.75) is 33.1 Å². The third-order valence-electron chi connectivity index (χ3n) is 4.70. The zero-order valence-electron chi connectivity index (χ0n) is 14.1. The van der Waals surface area contributed by atoms with Crippen molar-refractivity contribution in [1.82, 2.24) is 9.55 Å². The molecule has 24 heavy (non-hydrogen) atoms. The highest BCUT2D eigenvalue weighted by molar-refractivity contribution is 5.71. The molecular weight excluding hydrogens is 302 g/mol. The minimum Gasteiger partial charge on any atom is -0.392 e. The van der Waals surface area contributed by atoms with Gasteiger partial charge >= 0.3 is 5.69 Å². The molecule has 0 fully saturated rings. The number of aliphatic hydroxyl groups is 1. The van der Waals surface area contributed by atoms with Gasteiger partial charge in [-0.05, 0) is 59.6 Å². The van der Waals surface area contributed by atoms with Crippen molar-refractivity contribution in [3.8, 4) is 5.69 Å². The Hall–Kier alpha value is -2.40. The molecule has 0 unspecified atom stereocenters. The van der Waals surface area contributed by atoms with Crippen LogP contribution in [0.25, 0.3) is 11.3 Å². The van der Waals surface area contributed by atoms with E-state index in [1.807, 2.05) is 24.3 Å². The predicted molar refractivity (Wildman–Crippen MR) is 95.9 cm³/mol. The van der Waals surface area contributed by atoms with Crippen LogP contribution in [-0.4, -0.2) is 21.3 Å². The summed E-state index contributed by atoms with van der Waals surface area (Å²) < 4.78 is 1.46. The number of rotatable bonds is 3. The van der Waals surface area contributed by atoms with Crippen LogP contribution in [-0.2, 0) is 0 Å². The summed E-state index contributed by atoms with van der Waals surface area (Å²) in [5.74, 6) is 0.218. The van der Waals surface area contributed by atoms with Crippen molar-refractivity contribution < 1.29 is 5.11 Å². The first-order valence-electron chi connectivity index (χ1n) is 8.17. The van der Waals surface area contributed by atoms with Gasteiger partial charge in [-0.1, -0.05) is 26.0 Å². The molecule has 3 N–H and O–H groups in total. The van der Waals surface area contributed by atoms with E-state index >= 15 is 0 Å². The van der Waals surface area contributed by atoms with E-state index in [9.17, 15) is 9.90 Å². The summed E-state index contributed by atoms with van der Waals surface area (Å²) >= 11 is 0. The molecule has 0 radical (unpaired) electrons. The highest BCUT2D eigenvalue weighted by atomic mass is 16.3. The molecule has 0 saturated carbocycles. The minimum absolute atomic E-state index is 0.106. The number of nitrogen functional groups attached to an aromatic ring is 1. The maximum absolute atomic E-state index is 11.9. The van der Waals surface area contributed by atoms with E-state index in [0.717, 1.165) is 36.1 Å². The Bertz CT molecular complexity index is 832. The second-order valence-corrected chi connectivity index (χ2v) is 7.13. The number of hydrogen-bond acceptors (Lipinski definition) is 4. The van der Waals surface area contributed by atoms with Gasteiger partial charge in [-0.2, -0.15) is 4.98 Å². The van der Waals surface area contributed by atoms with Gasteiger partial charge in [0.25, 0.3) is 0 Å². The molecule has 1 aromatic carbocycles. The Morgan fingerprint density at radius 1 is 1.25 bits per heavy atom. The Kier molecular flexibility index (Phi) is 4.28. The van der Waals surface area contributed by atoms with Gasteiger partial charge < -0.3 is 10.8 Å². The van der Waals surface area contributed by atoms with Crippen molar-refractivity contribution in [3.63, 3.8) is 0 Å². The SMILES string of the molecule is CC1(C)CCC(CO)=C(c2ccc(-n3ccc(N)nc3=O)cc2)C1. The van der Waals surface area contributed by atoms with Crippen molar-refractivity contribution in [2.75, 3.05) is 12.3 Å². The number of aliphatic hydroxyl groups excluding tert-OH is 1. The summed E-state index contributed by atoms with van der Waals surface area (Å²) in [6.07, 6.45) is 4.60. The second-order valence-electron chi connectivity index (χ2n) is 7.13. The van der Waals surface area contributed by atoms with Crippen LogP contribution in [0.5, 0.6) is 0 Å². The molecule has 126 valence electrons. The van der Waals surface area contributed by atoms with E-state index in [1.165, 1.54) is 10.1 Å². The van der Waals surface area contributed by atoms with Gasteiger partial charge in [0.2, 0.25) is 0 Å². The fraction of sp³-hybridized carbons (Fsp3) is 0.368. The third-order valence-corrected chi connectivity index (χ3v) is 4.70. The molecular formula is C19H23N3O2. The quantitative estimate of drug-likeness (QED) is 0.909. The van der Waals surface area contributed by atoms with Gasteiger partial charge in [0.1, 0.15) is 5.82 Å². The van der Waals surface area contributed by atoms with Crippen LogP contribution < -0.4 is 11.4 Å². The van der Waals surface area contributed by atoms with Crippen LogP contribution in [0, 0.1) is 5.41 Å². The normalized spacial score (nSPS) is 17.1. The number of allylic oxidation sites excluding steroid dienone is 1. The summed E-state index contributed by atoms with van der Waals surface area (Å²) in [5.41, 5.74) is 9.57. The summed E-state index contributed by atoms with van der Waals surface area (Å²) in [5, 5.41) is 9.66. The van der Waals surface area contributed by atoms with Crippen LogP contribution in [0.4, 0.5) is 5.82 Å². The Labute approximate surface area is 141 Å². The summed E-state index contributed by atoms with van der Waals surface area (Å²) in [6, 6.07) is 9.41. The summed E-state index contributed by atoms with van der Waals surface area (Å²) in [4.78, 5) is 15.7. The molecule has 0 spiro atoms. The number of anilines is 1. The maximum Gasteiger partial charge on any atom is 0.354 e. The molecule has 0 aliphatic heterocycles. The Morgan fingerprint density at radius 2 is 1.96 bits per heavy atom. The van der Waals surface area contributed by atoms with E-state index < -0.39 is 5.69 Å². The highest BCUT2D eigenvalue weighted by Crippen LogP contribution is 2.42. The van der Waals surface area contributed by atoms with E-state index in [0.29, 0.717) is 0 Å². The number of hydrogen-bond donors (Lipinski definition) is 2. The monoisotopic (exact) mass is 325 g/mol. The van der Waals surface area contributed by atoms with Gasteiger partial charge in [-0.3, -0.25) is 4.57 Å². The largest absolute Gasteiger partial charge is 0.392 e. The van der Waals surface area contributed by atoms with E-state index in [1.54, 1.807) is 12.3 Å². The molecule has 0 amide bonds. The molecule has 1 aliphatic rings. The van der Waals surface area contributed by atoms with E-state index in [4.69, 9.17) is 5.73 Å². The van der Waals surface area contributed by atoms with Crippen molar-refractivity contribution in [2.24, 2.45) is 5.41 Å². The van der Waals surface area contributed by atoms with E-state index in [-0.39, 0.29) is 17.8 Å². The van der Waals surface area contributed by atoms with Gasteiger partial charge in [0.05, 0.1) is 12.3 Å². The number of nitrogens with two attached hydrogens (primary N) is 1.